The number of hydrogen-bond acceptors (Lipinski definition) is 4. The molecular formula is C15H12Cl3NO3. The smallest absolute Gasteiger partial charge is 0.328 e. The Labute approximate surface area is 142 Å². The van der Waals surface area contributed by atoms with E-state index in [-0.39, 0.29) is 33.0 Å². The first-order chi connectivity index (χ1) is 10.4. The van der Waals surface area contributed by atoms with Gasteiger partial charge in [-0.2, -0.15) is 0 Å². The average Bonchev–Trinajstić information content (AvgIpc) is 2.47. The molecule has 0 radical (unpaired) electrons. The summed E-state index contributed by atoms with van der Waals surface area (Å²) in [6.45, 7) is 0. The molecule has 2 aromatic rings. The predicted molar refractivity (Wildman–Crippen MR) is 86.9 cm³/mol. The van der Waals surface area contributed by atoms with Gasteiger partial charge in [-0.3, -0.25) is 0 Å². The van der Waals surface area contributed by atoms with Gasteiger partial charge in [0.05, 0.1) is 15.1 Å². The number of phenolic OH excluding ortho intramolecular Hbond substituents is 1. The van der Waals surface area contributed by atoms with E-state index in [1.54, 1.807) is 12.1 Å². The van der Waals surface area contributed by atoms with Crippen molar-refractivity contribution in [1.29, 1.82) is 0 Å². The van der Waals surface area contributed by atoms with Crippen molar-refractivity contribution < 1.29 is 14.6 Å². The summed E-state index contributed by atoms with van der Waals surface area (Å²) in [5.74, 6) is -0.405. The van der Waals surface area contributed by atoms with Crippen molar-refractivity contribution in [1.82, 2.24) is 0 Å². The van der Waals surface area contributed by atoms with E-state index in [0.29, 0.717) is 0 Å². The third kappa shape index (κ3) is 4.27. The fraction of sp³-hybridized carbons (Fsp3) is 0.133. The summed E-state index contributed by atoms with van der Waals surface area (Å²) in [6, 6.07) is 8.25. The zero-order valence-corrected chi connectivity index (χ0v) is 13.5. The van der Waals surface area contributed by atoms with Crippen LogP contribution in [-0.2, 0) is 11.2 Å². The van der Waals surface area contributed by atoms with E-state index in [2.05, 4.69) is 0 Å². The molecule has 0 spiro atoms. The number of hydrogen-bond donors (Lipinski definition) is 2. The van der Waals surface area contributed by atoms with Crippen LogP contribution in [0.2, 0.25) is 15.1 Å². The van der Waals surface area contributed by atoms with Crippen molar-refractivity contribution in [3.05, 3.63) is 57.0 Å². The Hall–Kier alpha value is -1.46. The predicted octanol–water partition coefficient (Wildman–Crippen LogP) is 3.83. The highest BCUT2D eigenvalue weighted by Gasteiger charge is 2.19. The number of benzene rings is 2. The van der Waals surface area contributed by atoms with Gasteiger partial charge in [0, 0.05) is 6.07 Å². The Balaban J connectivity index is 2.05. The first-order valence-corrected chi connectivity index (χ1v) is 7.40. The van der Waals surface area contributed by atoms with Crippen LogP contribution in [0.25, 0.3) is 0 Å². The highest BCUT2D eigenvalue weighted by molar-refractivity contribution is 6.43. The molecule has 0 fully saturated rings. The van der Waals surface area contributed by atoms with Crippen LogP contribution in [0.5, 0.6) is 11.5 Å². The number of phenols is 1. The lowest BCUT2D eigenvalue weighted by Crippen LogP contribution is -2.36. The van der Waals surface area contributed by atoms with Crippen LogP contribution in [0.15, 0.2) is 36.4 Å². The van der Waals surface area contributed by atoms with Gasteiger partial charge in [-0.25, -0.2) is 4.79 Å². The molecule has 7 heteroatoms. The molecule has 3 N–H and O–H groups in total. The molecule has 0 aliphatic rings. The minimum absolute atomic E-state index is 0.0993. The quantitative estimate of drug-likeness (QED) is 0.494. The summed E-state index contributed by atoms with van der Waals surface area (Å²) in [5, 5.41) is 9.87. The first-order valence-electron chi connectivity index (χ1n) is 6.26. The lowest BCUT2D eigenvalue weighted by molar-refractivity contribution is -0.135. The molecule has 22 heavy (non-hydrogen) atoms. The van der Waals surface area contributed by atoms with Gasteiger partial charge in [-0.05, 0) is 30.2 Å². The summed E-state index contributed by atoms with van der Waals surface area (Å²) >= 11 is 17.6. The van der Waals surface area contributed by atoms with Crippen LogP contribution < -0.4 is 10.5 Å². The van der Waals surface area contributed by atoms with Gasteiger partial charge in [0.1, 0.15) is 11.8 Å². The minimum atomic E-state index is -0.880. The Morgan fingerprint density at radius 2 is 1.68 bits per heavy atom. The molecule has 2 rings (SSSR count). The number of carbonyl (C=O) groups excluding carboxylic acids is 1. The van der Waals surface area contributed by atoms with Crippen LogP contribution in [0.3, 0.4) is 0 Å². The zero-order valence-electron chi connectivity index (χ0n) is 11.2. The molecule has 0 heterocycles. The largest absolute Gasteiger partial charge is 0.508 e. The van der Waals surface area contributed by atoms with Gasteiger partial charge in [0.2, 0.25) is 0 Å². The van der Waals surface area contributed by atoms with Crippen molar-refractivity contribution >= 4 is 40.8 Å². The van der Waals surface area contributed by atoms with E-state index < -0.39 is 12.0 Å². The van der Waals surface area contributed by atoms with Gasteiger partial charge < -0.3 is 15.6 Å². The van der Waals surface area contributed by atoms with Crippen molar-refractivity contribution in [3.63, 3.8) is 0 Å². The molecule has 0 unspecified atom stereocenters. The van der Waals surface area contributed by atoms with E-state index >= 15 is 0 Å². The van der Waals surface area contributed by atoms with Crippen LogP contribution in [0.1, 0.15) is 5.56 Å². The average molecular weight is 361 g/mol. The Morgan fingerprint density at radius 3 is 2.32 bits per heavy atom. The molecule has 116 valence electrons. The van der Waals surface area contributed by atoms with E-state index in [1.807, 2.05) is 0 Å². The number of halogens is 3. The maximum atomic E-state index is 12.0. The Kier molecular flexibility index (Phi) is 5.53. The highest BCUT2D eigenvalue weighted by atomic mass is 35.5. The lowest BCUT2D eigenvalue weighted by Gasteiger charge is -2.13. The topological polar surface area (TPSA) is 72.5 Å². The summed E-state index contributed by atoms with van der Waals surface area (Å²) in [6.07, 6.45) is 0.262. The molecule has 0 amide bonds. The van der Waals surface area contributed by atoms with Crippen molar-refractivity contribution in [2.75, 3.05) is 0 Å². The number of esters is 1. The summed E-state index contributed by atoms with van der Waals surface area (Å²) in [5.41, 5.74) is 6.61. The van der Waals surface area contributed by atoms with E-state index in [4.69, 9.17) is 45.3 Å². The number of aromatic hydroxyl groups is 1. The standard InChI is InChI=1S/C15H12Cl3NO3/c16-10-6-12(18)14(7-11(10)17)22-15(21)13(19)5-8-1-3-9(20)4-2-8/h1-4,6-7,13,20H,5,19H2/t13-/m0/s1. The second-order valence-electron chi connectivity index (χ2n) is 4.59. The van der Waals surface area contributed by atoms with Gasteiger partial charge >= 0.3 is 5.97 Å². The molecule has 4 nitrogen and oxygen atoms in total. The van der Waals surface area contributed by atoms with Crippen molar-refractivity contribution in [2.45, 2.75) is 12.5 Å². The molecule has 1 atom stereocenters. The Bertz CT molecular complexity index is 689. The number of carbonyl (C=O) groups is 1. The number of nitrogens with two attached hydrogens (primary N) is 1. The molecule has 0 bridgehead atoms. The Morgan fingerprint density at radius 1 is 1.09 bits per heavy atom. The van der Waals surface area contributed by atoms with Gasteiger partial charge in [0.15, 0.2) is 5.75 Å². The van der Waals surface area contributed by atoms with Crippen LogP contribution in [0, 0.1) is 0 Å². The van der Waals surface area contributed by atoms with E-state index in [9.17, 15) is 9.90 Å². The molecule has 0 saturated heterocycles. The van der Waals surface area contributed by atoms with Gasteiger partial charge in [0.25, 0.3) is 0 Å². The second-order valence-corrected chi connectivity index (χ2v) is 5.82. The highest BCUT2D eigenvalue weighted by Crippen LogP contribution is 2.34. The van der Waals surface area contributed by atoms with Crippen molar-refractivity contribution in [3.8, 4) is 11.5 Å². The fourth-order valence-corrected chi connectivity index (χ4v) is 2.31. The van der Waals surface area contributed by atoms with Gasteiger partial charge in [-0.15, -0.1) is 0 Å². The van der Waals surface area contributed by atoms with Crippen LogP contribution in [0.4, 0.5) is 0 Å². The summed E-state index contributed by atoms with van der Waals surface area (Å²) < 4.78 is 5.15. The first kappa shape index (κ1) is 16.9. The molecule has 0 aromatic heterocycles. The second kappa shape index (κ2) is 7.20. The zero-order chi connectivity index (χ0) is 16.3. The van der Waals surface area contributed by atoms with Gasteiger partial charge in [-0.1, -0.05) is 46.9 Å². The molecule has 0 aliphatic heterocycles. The number of rotatable bonds is 4. The van der Waals surface area contributed by atoms with Crippen molar-refractivity contribution in [2.24, 2.45) is 5.73 Å². The normalized spacial score (nSPS) is 12.0. The van der Waals surface area contributed by atoms with Crippen LogP contribution >= 0.6 is 34.8 Å². The molecular weight excluding hydrogens is 349 g/mol. The SMILES string of the molecule is N[C@@H](Cc1ccc(O)cc1)C(=O)Oc1cc(Cl)c(Cl)cc1Cl. The maximum Gasteiger partial charge on any atom is 0.328 e. The summed E-state index contributed by atoms with van der Waals surface area (Å²) in [4.78, 5) is 12.0. The number of ether oxygens (including phenoxy) is 1. The third-order valence-corrected chi connectivity index (χ3v) is 3.90. The fourth-order valence-electron chi connectivity index (χ4n) is 1.74. The lowest BCUT2D eigenvalue weighted by atomic mass is 10.1. The monoisotopic (exact) mass is 359 g/mol. The van der Waals surface area contributed by atoms with E-state index in [1.165, 1.54) is 24.3 Å². The summed E-state index contributed by atoms with van der Waals surface area (Å²) in [7, 11) is 0. The van der Waals surface area contributed by atoms with E-state index in [0.717, 1.165) is 5.56 Å². The maximum absolute atomic E-state index is 12.0. The van der Waals surface area contributed by atoms with Crippen LogP contribution in [-0.4, -0.2) is 17.1 Å². The molecule has 2 aromatic carbocycles. The molecule has 0 saturated carbocycles. The third-order valence-electron chi connectivity index (χ3n) is 2.88. The minimum Gasteiger partial charge on any atom is -0.508 e. The molecule has 0 aliphatic carbocycles.